The van der Waals surface area contributed by atoms with Crippen molar-refractivity contribution in [2.45, 2.75) is 23.6 Å². The third kappa shape index (κ3) is 5.34. The van der Waals surface area contributed by atoms with E-state index in [0.29, 0.717) is 22.3 Å². The van der Waals surface area contributed by atoms with Crippen LogP contribution in [0.2, 0.25) is 0 Å². The van der Waals surface area contributed by atoms with Gasteiger partial charge in [0, 0.05) is 4.90 Å². The Labute approximate surface area is 109 Å². The molecule has 0 radical (unpaired) electrons. The van der Waals surface area contributed by atoms with Gasteiger partial charge >= 0.3 is 0 Å². The van der Waals surface area contributed by atoms with E-state index < -0.39 is 17.7 Å². The summed E-state index contributed by atoms with van der Waals surface area (Å²) in [5, 5.41) is 2.50. The number of anilines is 1. The van der Waals surface area contributed by atoms with Crippen molar-refractivity contribution in [1.29, 1.82) is 0 Å². The summed E-state index contributed by atoms with van der Waals surface area (Å²) in [5.41, 5.74) is 5.72. The minimum atomic E-state index is -2.52. The number of halogens is 3. The van der Waals surface area contributed by atoms with Gasteiger partial charge in [-0.3, -0.25) is 4.79 Å². The molecule has 1 aromatic carbocycles. The van der Waals surface area contributed by atoms with Crippen molar-refractivity contribution in [2.24, 2.45) is 5.73 Å². The molecule has 0 aliphatic rings. The number of amides is 1. The summed E-state index contributed by atoms with van der Waals surface area (Å²) >= 11 is 0.390. The molecule has 0 heterocycles. The third-order valence-electron chi connectivity index (χ3n) is 1.77. The highest BCUT2D eigenvalue weighted by Crippen LogP contribution is 2.31. The molecule has 1 atom stereocenters. The van der Waals surface area contributed by atoms with Gasteiger partial charge in [-0.2, -0.15) is 8.78 Å². The second-order valence-electron chi connectivity index (χ2n) is 3.15. The molecule has 1 amide bonds. The summed E-state index contributed by atoms with van der Waals surface area (Å²) in [7, 11) is 0. The second-order valence-corrected chi connectivity index (χ2v) is 4.18. The summed E-state index contributed by atoms with van der Waals surface area (Å²) < 4.78 is 24.4. The van der Waals surface area contributed by atoms with Crippen LogP contribution in [0.5, 0.6) is 0 Å². The molecule has 0 bridgehead atoms. The van der Waals surface area contributed by atoms with Crippen molar-refractivity contribution in [3.8, 4) is 0 Å². The minimum Gasteiger partial charge on any atom is -0.324 e. The monoisotopic (exact) mass is 282 g/mol. The number of thioether (sulfide) groups is 1. The van der Waals surface area contributed by atoms with E-state index in [-0.39, 0.29) is 12.4 Å². The zero-order valence-corrected chi connectivity index (χ0v) is 10.7. The van der Waals surface area contributed by atoms with Crippen molar-refractivity contribution in [3.63, 3.8) is 0 Å². The maximum atomic E-state index is 12.2. The number of alkyl halides is 2. The molecule has 0 aliphatic carbocycles. The summed E-state index contributed by atoms with van der Waals surface area (Å²) in [5.74, 6) is -2.92. The van der Waals surface area contributed by atoms with Crippen molar-refractivity contribution in [1.82, 2.24) is 0 Å². The quantitative estimate of drug-likeness (QED) is 0.835. The van der Waals surface area contributed by atoms with Gasteiger partial charge in [0.15, 0.2) is 0 Å². The topological polar surface area (TPSA) is 55.1 Å². The maximum absolute atomic E-state index is 12.2. The van der Waals surface area contributed by atoms with E-state index in [1.807, 2.05) is 0 Å². The lowest BCUT2D eigenvalue weighted by Gasteiger charge is -2.11. The summed E-state index contributed by atoms with van der Waals surface area (Å²) in [6.45, 7) is 1.53. The Hall–Kier alpha value is -0.850. The average Bonchev–Trinajstić information content (AvgIpc) is 2.20. The van der Waals surface area contributed by atoms with E-state index in [2.05, 4.69) is 5.32 Å². The molecule has 7 heteroatoms. The second kappa shape index (κ2) is 7.47. The predicted octanol–water partition coefficient (Wildman–Crippen LogP) is 2.71. The SMILES string of the molecule is CC(N)C(=O)Nc1ccccc1SC(F)F.Cl. The first-order valence-corrected chi connectivity index (χ1v) is 5.49. The van der Waals surface area contributed by atoms with Crippen LogP contribution in [0.25, 0.3) is 0 Å². The fourth-order valence-electron chi connectivity index (χ4n) is 1.02. The Morgan fingerprint density at radius 2 is 2.00 bits per heavy atom. The van der Waals surface area contributed by atoms with Crippen LogP contribution in [-0.2, 0) is 4.79 Å². The van der Waals surface area contributed by atoms with E-state index in [9.17, 15) is 13.6 Å². The van der Waals surface area contributed by atoms with Crippen LogP contribution < -0.4 is 11.1 Å². The molecule has 1 aromatic rings. The first kappa shape index (κ1) is 16.1. The molecule has 3 nitrogen and oxygen atoms in total. The fourth-order valence-corrected chi connectivity index (χ4v) is 1.61. The first-order chi connectivity index (χ1) is 7.50. The molecule has 0 spiro atoms. The minimum absolute atomic E-state index is 0. The molecule has 96 valence electrons. The smallest absolute Gasteiger partial charge is 0.288 e. The standard InChI is InChI=1S/C10H12F2N2OS.ClH/c1-6(13)9(15)14-7-4-2-3-5-8(7)16-10(11)12;/h2-6,10H,13H2,1H3,(H,14,15);1H. The molecule has 0 aliphatic heterocycles. The van der Waals surface area contributed by atoms with E-state index in [1.54, 1.807) is 18.2 Å². The van der Waals surface area contributed by atoms with Gasteiger partial charge in [-0.1, -0.05) is 23.9 Å². The van der Waals surface area contributed by atoms with Gasteiger partial charge in [0.1, 0.15) is 0 Å². The highest BCUT2D eigenvalue weighted by molar-refractivity contribution is 7.99. The molecular formula is C10H13ClF2N2OS. The van der Waals surface area contributed by atoms with Crippen molar-refractivity contribution in [2.75, 3.05) is 5.32 Å². The van der Waals surface area contributed by atoms with Gasteiger partial charge in [-0.15, -0.1) is 12.4 Å². The van der Waals surface area contributed by atoms with Crippen LogP contribution in [0.15, 0.2) is 29.2 Å². The molecule has 0 aromatic heterocycles. The Bertz CT molecular complexity index is 377. The van der Waals surface area contributed by atoms with E-state index in [0.717, 1.165) is 0 Å². The van der Waals surface area contributed by atoms with Crippen LogP contribution in [-0.4, -0.2) is 17.7 Å². The number of carbonyl (C=O) groups is 1. The van der Waals surface area contributed by atoms with E-state index >= 15 is 0 Å². The van der Waals surface area contributed by atoms with Crippen LogP contribution in [0.1, 0.15) is 6.92 Å². The van der Waals surface area contributed by atoms with Crippen molar-refractivity contribution < 1.29 is 13.6 Å². The van der Waals surface area contributed by atoms with Gasteiger partial charge in [0.25, 0.3) is 5.76 Å². The number of hydrogen-bond donors (Lipinski definition) is 2. The molecule has 0 fully saturated rings. The van der Waals surface area contributed by atoms with E-state index in [4.69, 9.17) is 5.73 Å². The summed E-state index contributed by atoms with van der Waals surface area (Å²) in [6, 6.07) is 5.70. The van der Waals surface area contributed by atoms with Gasteiger partial charge < -0.3 is 11.1 Å². The maximum Gasteiger partial charge on any atom is 0.288 e. The average molecular weight is 283 g/mol. The van der Waals surface area contributed by atoms with E-state index in [1.165, 1.54) is 13.0 Å². The number of para-hydroxylation sites is 1. The number of nitrogens with one attached hydrogen (secondary N) is 1. The van der Waals surface area contributed by atoms with Crippen molar-refractivity contribution >= 4 is 35.8 Å². The molecule has 1 rings (SSSR count). The number of hydrogen-bond acceptors (Lipinski definition) is 3. The van der Waals surface area contributed by atoms with Crippen molar-refractivity contribution in [3.05, 3.63) is 24.3 Å². The highest BCUT2D eigenvalue weighted by atomic mass is 35.5. The van der Waals surface area contributed by atoms with Gasteiger partial charge in [0.2, 0.25) is 5.91 Å². The third-order valence-corrected chi connectivity index (χ3v) is 2.56. The Morgan fingerprint density at radius 1 is 1.41 bits per heavy atom. The predicted molar refractivity (Wildman–Crippen MR) is 67.8 cm³/mol. The first-order valence-electron chi connectivity index (χ1n) is 4.61. The zero-order chi connectivity index (χ0) is 12.1. The Kier molecular flexibility index (Phi) is 7.10. The molecule has 17 heavy (non-hydrogen) atoms. The van der Waals surface area contributed by atoms with Crippen LogP contribution >= 0.6 is 24.2 Å². The molecule has 1 unspecified atom stereocenters. The van der Waals surface area contributed by atoms with Gasteiger partial charge in [-0.25, -0.2) is 0 Å². The Morgan fingerprint density at radius 3 is 2.53 bits per heavy atom. The lowest BCUT2D eigenvalue weighted by Crippen LogP contribution is -2.32. The Balaban J connectivity index is 0.00000256. The lowest BCUT2D eigenvalue weighted by atomic mass is 10.3. The number of benzene rings is 1. The highest BCUT2D eigenvalue weighted by Gasteiger charge is 2.13. The summed E-state index contributed by atoms with van der Waals surface area (Å²) in [6.07, 6.45) is 0. The van der Waals surface area contributed by atoms with Crippen LogP contribution in [0, 0.1) is 0 Å². The lowest BCUT2D eigenvalue weighted by molar-refractivity contribution is -0.117. The van der Waals surface area contributed by atoms with Gasteiger partial charge in [-0.05, 0) is 19.1 Å². The van der Waals surface area contributed by atoms with Crippen LogP contribution in [0.3, 0.4) is 0 Å². The molecule has 0 saturated carbocycles. The van der Waals surface area contributed by atoms with Crippen LogP contribution in [0.4, 0.5) is 14.5 Å². The molecule has 3 N–H and O–H groups in total. The number of carbonyl (C=O) groups excluding carboxylic acids is 1. The summed E-state index contributed by atoms with van der Waals surface area (Å²) in [4.78, 5) is 11.6. The fraction of sp³-hybridized carbons (Fsp3) is 0.300. The largest absolute Gasteiger partial charge is 0.324 e. The van der Waals surface area contributed by atoms with Gasteiger partial charge in [0.05, 0.1) is 11.7 Å². The zero-order valence-electron chi connectivity index (χ0n) is 9.02. The number of rotatable bonds is 4. The molecule has 0 saturated heterocycles. The number of nitrogens with two attached hydrogens (primary N) is 1. The normalized spacial score (nSPS) is 11.8. The molecular weight excluding hydrogens is 270 g/mol.